The third kappa shape index (κ3) is 4.55. The highest BCUT2D eigenvalue weighted by atomic mass is 19.3. The van der Waals surface area contributed by atoms with Gasteiger partial charge in [-0.15, -0.1) is 0 Å². The third-order valence-corrected chi connectivity index (χ3v) is 3.89. The molecule has 1 N–H and O–H groups in total. The Hall–Kier alpha value is -1.40. The van der Waals surface area contributed by atoms with E-state index in [1.165, 1.54) is 7.11 Å². The van der Waals surface area contributed by atoms with Crippen LogP contribution in [0.4, 0.5) is 8.78 Å². The number of benzene rings is 1. The van der Waals surface area contributed by atoms with Crippen molar-refractivity contribution in [2.75, 3.05) is 26.7 Å². The first-order valence-corrected chi connectivity index (χ1v) is 7.70. The molecule has 0 radical (unpaired) electrons. The van der Waals surface area contributed by atoms with Crippen LogP contribution < -0.4 is 14.8 Å². The van der Waals surface area contributed by atoms with Crippen molar-refractivity contribution < 1.29 is 18.3 Å². The third-order valence-electron chi connectivity index (χ3n) is 3.89. The second-order valence-electron chi connectivity index (χ2n) is 5.48. The van der Waals surface area contributed by atoms with Gasteiger partial charge in [-0.2, -0.15) is 8.78 Å². The molecule has 1 saturated heterocycles. The molecule has 4 nitrogen and oxygen atoms in total. The largest absolute Gasteiger partial charge is 0.493 e. The Morgan fingerprint density at radius 2 is 2.18 bits per heavy atom. The number of nitrogens with zero attached hydrogens (tertiary/aromatic N) is 1. The minimum absolute atomic E-state index is 0.0935. The van der Waals surface area contributed by atoms with Crippen LogP contribution in [0.1, 0.15) is 25.3 Å². The molecule has 124 valence electrons. The average Bonchev–Trinajstić information content (AvgIpc) is 3.00. The number of nitrogens with one attached hydrogen (secondary N) is 1. The molecule has 1 atom stereocenters. The van der Waals surface area contributed by atoms with Crippen LogP contribution in [0.25, 0.3) is 0 Å². The topological polar surface area (TPSA) is 33.7 Å². The molecule has 0 aliphatic carbocycles. The van der Waals surface area contributed by atoms with Crippen LogP contribution in [-0.2, 0) is 6.54 Å². The zero-order valence-corrected chi connectivity index (χ0v) is 13.1. The maximum absolute atomic E-state index is 12.5. The van der Waals surface area contributed by atoms with Crippen molar-refractivity contribution in [3.05, 3.63) is 23.8 Å². The van der Waals surface area contributed by atoms with E-state index in [0.717, 1.165) is 44.6 Å². The van der Waals surface area contributed by atoms with E-state index in [0.29, 0.717) is 11.8 Å². The first kappa shape index (κ1) is 17.0. The minimum Gasteiger partial charge on any atom is -0.493 e. The summed E-state index contributed by atoms with van der Waals surface area (Å²) >= 11 is 0. The van der Waals surface area contributed by atoms with Crippen molar-refractivity contribution in [3.63, 3.8) is 0 Å². The SMILES string of the molecule is CCCN(Cc1ccc(OC)c(OC(F)F)c1)C1CCNC1. The van der Waals surface area contributed by atoms with E-state index in [9.17, 15) is 8.78 Å². The predicted molar refractivity (Wildman–Crippen MR) is 81.6 cm³/mol. The second kappa shape index (κ2) is 8.29. The van der Waals surface area contributed by atoms with E-state index >= 15 is 0 Å². The van der Waals surface area contributed by atoms with Crippen molar-refractivity contribution in [2.24, 2.45) is 0 Å². The van der Waals surface area contributed by atoms with E-state index in [4.69, 9.17) is 4.74 Å². The van der Waals surface area contributed by atoms with Crippen molar-refractivity contribution >= 4 is 0 Å². The standard InChI is InChI=1S/C16H24F2N2O2/c1-3-8-20(13-6-7-19-10-13)11-12-4-5-14(21-2)15(9-12)22-16(17)18/h4-5,9,13,16,19H,3,6-8,10-11H2,1-2H3. The minimum atomic E-state index is -2.85. The Morgan fingerprint density at radius 3 is 2.77 bits per heavy atom. The van der Waals surface area contributed by atoms with Gasteiger partial charge in [-0.1, -0.05) is 13.0 Å². The molecule has 1 heterocycles. The first-order valence-electron chi connectivity index (χ1n) is 7.70. The van der Waals surface area contributed by atoms with Gasteiger partial charge >= 0.3 is 6.61 Å². The molecule has 0 saturated carbocycles. The smallest absolute Gasteiger partial charge is 0.387 e. The van der Waals surface area contributed by atoms with E-state index in [-0.39, 0.29) is 5.75 Å². The Labute approximate surface area is 130 Å². The van der Waals surface area contributed by atoms with E-state index < -0.39 is 6.61 Å². The molecule has 1 aliphatic rings. The zero-order valence-electron chi connectivity index (χ0n) is 13.1. The Morgan fingerprint density at radius 1 is 1.36 bits per heavy atom. The quantitative estimate of drug-likeness (QED) is 0.800. The number of rotatable bonds is 8. The molecule has 1 aromatic rings. The lowest BCUT2D eigenvalue weighted by molar-refractivity contribution is -0.0512. The van der Waals surface area contributed by atoms with Crippen LogP contribution >= 0.6 is 0 Å². The lowest BCUT2D eigenvalue weighted by Gasteiger charge is -2.28. The molecular weight excluding hydrogens is 290 g/mol. The van der Waals surface area contributed by atoms with Crippen LogP contribution in [0.15, 0.2) is 18.2 Å². The van der Waals surface area contributed by atoms with Crippen molar-refractivity contribution in [1.82, 2.24) is 10.2 Å². The van der Waals surface area contributed by atoms with Gasteiger partial charge in [0.25, 0.3) is 0 Å². The highest BCUT2D eigenvalue weighted by molar-refractivity contribution is 5.43. The van der Waals surface area contributed by atoms with Gasteiger partial charge < -0.3 is 14.8 Å². The number of hydrogen-bond acceptors (Lipinski definition) is 4. The second-order valence-corrected chi connectivity index (χ2v) is 5.48. The summed E-state index contributed by atoms with van der Waals surface area (Å²) in [6.07, 6.45) is 2.18. The summed E-state index contributed by atoms with van der Waals surface area (Å²) in [6, 6.07) is 5.74. The van der Waals surface area contributed by atoms with Gasteiger partial charge in [-0.25, -0.2) is 0 Å². The Bertz CT molecular complexity index is 465. The molecular formula is C16H24F2N2O2. The van der Waals surface area contributed by atoms with Gasteiger partial charge in [0.1, 0.15) is 0 Å². The number of halogens is 2. The monoisotopic (exact) mass is 314 g/mol. The molecule has 1 aromatic carbocycles. The molecule has 22 heavy (non-hydrogen) atoms. The van der Waals surface area contributed by atoms with Gasteiger partial charge in [0.2, 0.25) is 0 Å². The average molecular weight is 314 g/mol. The molecule has 1 fully saturated rings. The molecule has 0 bridgehead atoms. The molecule has 1 unspecified atom stereocenters. The summed E-state index contributed by atoms with van der Waals surface area (Å²) in [7, 11) is 1.45. The normalized spacial score (nSPS) is 18.2. The molecule has 2 rings (SSSR count). The van der Waals surface area contributed by atoms with Gasteiger partial charge in [0, 0.05) is 19.1 Å². The summed E-state index contributed by atoms with van der Waals surface area (Å²) in [5.41, 5.74) is 0.955. The molecule has 0 amide bonds. The van der Waals surface area contributed by atoms with E-state index in [1.54, 1.807) is 12.1 Å². The lowest BCUT2D eigenvalue weighted by Crippen LogP contribution is -2.36. The van der Waals surface area contributed by atoms with E-state index in [1.807, 2.05) is 6.07 Å². The lowest BCUT2D eigenvalue weighted by atomic mass is 10.1. The summed E-state index contributed by atoms with van der Waals surface area (Å²) in [6.45, 7) is 3.03. The van der Waals surface area contributed by atoms with E-state index in [2.05, 4.69) is 21.9 Å². The van der Waals surface area contributed by atoms with Gasteiger partial charge in [-0.05, 0) is 43.6 Å². The van der Waals surface area contributed by atoms with Gasteiger partial charge in [-0.3, -0.25) is 4.90 Å². The highest BCUT2D eigenvalue weighted by Gasteiger charge is 2.22. The summed E-state index contributed by atoms with van der Waals surface area (Å²) in [5.74, 6) is 0.421. The summed E-state index contributed by atoms with van der Waals surface area (Å²) in [5, 5.41) is 3.37. The number of hydrogen-bond donors (Lipinski definition) is 1. The van der Waals surface area contributed by atoms with Crippen LogP contribution in [0, 0.1) is 0 Å². The maximum atomic E-state index is 12.5. The van der Waals surface area contributed by atoms with Crippen LogP contribution in [0.2, 0.25) is 0 Å². The van der Waals surface area contributed by atoms with Crippen molar-refractivity contribution in [3.8, 4) is 11.5 Å². The zero-order chi connectivity index (χ0) is 15.9. The maximum Gasteiger partial charge on any atom is 0.387 e. The summed E-state index contributed by atoms with van der Waals surface area (Å²) in [4.78, 5) is 2.40. The predicted octanol–water partition coefficient (Wildman–Crippen LogP) is 2.87. The molecule has 1 aliphatic heterocycles. The number of methoxy groups -OCH3 is 1. The first-order chi connectivity index (χ1) is 10.6. The highest BCUT2D eigenvalue weighted by Crippen LogP contribution is 2.30. The molecule has 0 aromatic heterocycles. The van der Waals surface area contributed by atoms with Crippen LogP contribution in [-0.4, -0.2) is 44.3 Å². The molecule has 6 heteroatoms. The molecule has 0 spiro atoms. The fraction of sp³-hybridized carbons (Fsp3) is 0.625. The fourth-order valence-corrected chi connectivity index (χ4v) is 2.87. The Balaban J connectivity index is 2.12. The van der Waals surface area contributed by atoms with Gasteiger partial charge in [0.15, 0.2) is 11.5 Å². The van der Waals surface area contributed by atoms with Crippen molar-refractivity contribution in [2.45, 2.75) is 39.0 Å². The number of ether oxygens (including phenoxy) is 2. The summed E-state index contributed by atoms with van der Waals surface area (Å²) < 4.78 is 34.6. The fourth-order valence-electron chi connectivity index (χ4n) is 2.87. The van der Waals surface area contributed by atoms with Gasteiger partial charge in [0.05, 0.1) is 7.11 Å². The van der Waals surface area contributed by atoms with Crippen LogP contribution in [0.3, 0.4) is 0 Å². The number of alkyl halides is 2. The Kier molecular flexibility index (Phi) is 6.39. The van der Waals surface area contributed by atoms with Crippen molar-refractivity contribution in [1.29, 1.82) is 0 Å². The van der Waals surface area contributed by atoms with Crippen LogP contribution in [0.5, 0.6) is 11.5 Å².